The van der Waals surface area contributed by atoms with Crippen LogP contribution in [0, 0.1) is 0 Å². The quantitative estimate of drug-likeness (QED) is 0.467. The molecule has 0 aliphatic rings. The average molecular weight is 514 g/mol. The maximum Gasteiger partial charge on any atom is 0.264 e. The van der Waals surface area contributed by atoms with Gasteiger partial charge >= 0.3 is 0 Å². The van der Waals surface area contributed by atoms with Crippen molar-refractivity contribution in [2.24, 2.45) is 0 Å². The Morgan fingerprint density at radius 2 is 1.52 bits per heavy atom. The Kier molecular flexibility index (Phi) is 6.85. The molecule has 0 atom stereocenters. The zero-order valence-electron chi connectivity index (χ0n) is 14.8. The average Bonchev–Trinajstić information content (AvgIpc) is 2.68. The number of hydrogen-bond acceptors (Lipinski definition) is 3. The van der Waals surface area contributed by atoms with E-state index in [9.17, 15) is 13.2 Å². The first-order chi connectivity index (χ1) is 13.8. The van der Waals surface area contributed by atoms with Crippen molar-refractivity contribution in [3.8, 4) is 0 Å². The fraction of sp³-hybridized carbons (Fsp3) is 0.0500. The number of halogens is 3. The summed E-state index contributed by atoms with van der Waals surface area (Å²) < 4.78 is 28.3. The summed E-state index contributed by atoms with van der Waals surface area (Å²) in [5.74, 6) is -0.511. The molecule has 0 heterocycles. The van der Waals surface area contributed by atoms with Gasteiger partial charge < -0.3 is 5.32 Å². The third-order valence-electron chi connectivity index (χ3n) is 3.88. The highest BCUT2D eigenvalue weighted by atomic mass is 79.9. The first kappa shape index (κ1) is 21.6. The van der Waals surface area contributed by atoms with Gasteiger partial charge in [0.1, 0.15) is 6.54 Å². The van der Waals surface area contributed by atoms with Crippen molar-refractivity contribution in [1.82, 2.24) is 0 Å². The largest absolute Gasteiger partial charge is 0.325 e. The van der Waals surface area contributed by atoms with Gasteiger partial charge in [-0.15, -0.1) is 0 Å². The molecular weight excluding hydrogens is 499 g/mol. The number of rotatable bonds is 6. The molecule has 29 heavy (non-hydrogen) atoms. The summed E-state index contributed by atoms with van der Waals surface area (Å²) in [4.78, 5) is 12.7. The molecule has 3 aromatic rings. The van der Waals surface area contributed by atoms with Gasteiger partial charge in [0.15, 0.2) is 0 Å². The molecule has 3 rings (SSSR count). The van der Waals surface area contributed by atoms with Gasteiger partial charge in [-0.2, -0.15) is 0 Å². The van der Waals surface area contributed by atoms with Crippen LogP contribution in [0.2, 0.25) is 10.0 Å². The lowest BCUT2D eigenvalue weighted by atomic mass is 10.3. The van der Waals surface area contributed by atoms with Crippen LogP contribution >= 0.6 is 39.1 Å². The van der Waals surface area contributed by atoms with E-state index in [2.05, 4.69) is 21.2 Å². The van der Waals surface area contributed by atoms with E-state index in [1.165, 1.54) is 30.3 Å². The molecule has 1 N–H and O–H groups in total. The van der Waals surface area contributed by atoms with Crippen molar-refractivity contribution in [3.05, 3.63) is 87.3 Å². The highest BCUT2D eigenvalue weighted by molar-refractivity contribution is 9.10. The van der Waals surface area contributed by atoms with Gasteiger partial charge in [0, 0.05) is 20.2 Å². The van der Waals surface area contributed by atoms with Crippen LogP contribution < -0.4 is 9.62 Å². The Morgan fingerprint density at radius 3 is 2.10 bits per heavy atom. The van der Waals surface area contributed by atoms with Gasteiger partial charge in [-0.3, -0.25) is 9.10 Å². The smallest absolute Gasteiger partial charge is 0.264 e. The van der Waals surface area contributed by atoms with Gasteiger partial charge in [0.2, 0.25) is 5.91 Å². The Bertz CT molecular complexity index is 1100. The van der Waals surface area contributed by atoms with Crippen molar-refractivity contribution < 1.29 is 13.2 Å². The Morgan fingerprint density at radius 1 is 0.931 bits per heavy atom. The fourth-order valence-electron chi connectivity index (χ4n) is 2.58. The summed E-state index contributed by atoms with van der Waals surface area (Å²) in [7, 11) is -4.03. The Balaban J connectivity index is 1.96. The SMILES string of the molecule is O=C(CN(c1cc(Cl)cc(Cl)c1)S(=O)(=O)c1ccccc1)Nc1ccc(Br)cc1. The first-order valence-corrected chi connectivity index (χ1v) is 11.3. The van der Waals surface area contributed by atoms with E-state index in [0.717, 1.165) is 8.78 Å². The molecule has 0 aliphatic carbocycles. The van der Waals surface area contributed by atoms with Gasteiger partial charge in [0.05, 0.1) is 10.6 Å². The van der Waals surface area contributed by atoms with Crippen LogP contribution in [0.15, 0.2) is 82.2 Å². The number of hydrogen-bond donors (Lipinski definition) is 1. The molecule has 0 bridgehead atoms. The van der Waals surface area contributed by atoms with Crippen LogP contribution in [0.4, 0.5) is 11.4 Å². The van der Waals surface area contributed by atoms with Gasteiger partial charge in [-0.05, 0) is 54.6 Å². The number of carbonyl (C=O) groups excluding carboxylic acids is 1. The second-order valence-corrected chi connectivity index (χ2v) is 9.66. The normalized spacial score (nSPS) is 11.1. The van der Waals surface area contributed by atoms with Crippen LogP contribution in [-0.2, 0) is 14.8 Å². The van der Waals surface area contributed by atoms with Gasteiger partial charge in [0.25, 0.3) is 10.0 Å². The van der Waals surface area contributed by atoms with Crippen molar-refractivity contribution in [2.75, 3.05) is 16.2 Å². The predicted molar refractivity (Wildman–Crippen MR) is 120 cm³/mol. The van der Waals surface area contributed by atoms with E-state index < -0.39 is 22.5 Å². The molecule has 5 nitrogen and oxygen atoms in total. The number of benzene rings is 3. The zero-order valence-corrected chi connectivity index (χ0v) is 18.8. The number of nitrogens with zero attached hydrogens (tertiary/aromatic N) is 1. The van der Waals surface area contributed by atoms with E-state index in [1.54, 1.807) is 42.5 Å². The summed E-state index contributed by atoms with van der Waals surface area (Å²) in [5.41, 5.74) is 0.733. The molecule has 0 aliphatic heterocycles. The third kappa shape index (κ3) is 5.51. The maximum atomic E-state index is 13.2. The van der Waals surface area contributed by atoms with Crippen molar-refractivity contribution in [2.45, 2.75) is 4.90 Å². The molecule has 9 heteroatoms. The molecule has 0 spiro atoms. The lowest BCUT2D eigenvalue weighted by Gasteiger charge is -2.24. The molecule has 0 radical (unpaired) electrons. The number of anilines is 2. The second-order valence-electron chi connectivity index (χ2n) is 6.01. The number of nitrogens with one attached hydrogen (secondary N) is 1. The zero-order chi connectivity index (χ0) is 21.0. The molecule has 3 aromatic carbocycles. The summed E-state index contributed by atoms with van der Waals surface area (Å²) >= 11 is 15.4. The predicted octanol–water partition coefficient (Wildman–Crippen LogP) is 5.59. The van der Waals surface area contributed by atoms with E-state index in [0.29, 0.717) is 5.69 Å². The second kappa shape index (κ2) is 9.17. The van der Waals surface area contributed by atoms with Crippen molar-refractivity contribution in [3.63, 3.8) is 0 Å². The number of sulfonamides is 1. The first-order valence-electron chi connectivity index (χ1n) is 8.35. The van der Waals surface area contributed by atoms with Crippen molar-refractivity contribution >= 4 is 66.4 Å². The van der Waals surface area contributed by atoms with Crippen LogP contribution in [0.25, 0.3) is 0 Å². The number of carbonyl (C=O) groups is 1. The van der Waals surface area contributed by atoms with Crippen LogP contribution in [0.5, 0.6) is 0 Å². The van der Waals surface area contributed by atoms with E-state index >= 15 is 0 Å². The molecule has 0 saturated heterocycles. The molecule has 0 aromatic heterocycles. The highest BCUT2D eigenvalue weighted by Gasteiger charge is 2.27. The monoisotopic (exact) mass is 512 g/mol. The molecule has 0 saturated carbocycles. The van der Waals surface area contributed by atoms with Gasteiger partial charge in [-0.1, -0.05) is 57.3 Å². The molecule has 150 valence electrons. The van der Waals surface area contributed by atoms with Gasteiger partial charge in [-0.25, -0.2) is 8.42 Å². The maximum absolute atomic E-state index is 13.2. The minimum Gasteiger partial charge on any atom is -0.325 e. The fourth-order valence-corrected chi connectivity index (χ4v) is 4.79. The van der Waals surface area contributed by atoms with Crippen LogP contribution in [0.3, 0.4) is 0 Å². The van der Waals surface area contributed by atoms with Crippen LogP contribution in [0.1, 0.15) is 0 Å². The Hall–Kier alpha value is -2.06. The van der Waals surface area contributed by atoms with E-state index in [4.69, 9.17) is 23.2 Å². The summed E-state index contributed by atoms with van der Waals surface area (Å²) in [5, 5.41) is 3.21. The minimum atomic E-state index is -4.03. The summed E-state index contributed by atoms with van der Waals surface area (Å²) in [6, 6.07) is 19.2. The van der Waals surface area contributed by atoms with Crippen molar-refractivity contribution in [1.29, 1.82) is 0 Å². The lowest BCUT2D eigenvalue weighted by molar-refractivity contribution is -0.114. The third-order valence-corrected chi connectivity index (χ3v) is 6.63. The lowest BCUT2D eigenvalue weighted by Crippen LogP contribution is -2.38. The number of amides is 1. The van der Waals surface area contributed by atoms with Crippen LogP contribution in [-0.4, -0.2) is 20.9 Å². The molecule has 1 amide bonds. The Labute approximate surface area is 187 Å². The molecule has 0 unspecified atom stereocenters. The summed E-state index contributed by atoms with van der Waals surface area (Å²) in [6.45, 7) is -0.454. The highest BCUT2D eigenvalue weighted by Crippen LogP contribution is 2.29. The van der Waals surface area contributed by atoms with E-state index in [1.807, 2.05) is 0 Å². The topological polar surface area (TPSA) is 66.5 Å². The van der Waals surface area contributed by atoms with E-state index in [-0.39, 0.29) is 20.6 Å². The molecule has 0 fully saturated rings. The standard InChI is InChI=1S/C20H15BrCl2N2O3S/c21-14-6-8-17(9-7-14)24-20(26)13-25(18-11-15(22)10-16(23)12-18)29(27,28)19-4-2-1-3-5-19/h1-12H,13H2,(H,24,26). The molecular formula is C20H15BrCl2N2O3S. The minimum absolute atomic E-state index is 0.0486. The summed E-state index contributed by atoms with van der Waals surface area (Å²) in [6.07, 6.45) is 0.